The first kappa shape index (κ1) is 16.9. The molecule has 1 heterocycles. The van der Waals surface area contributed by atoms with Crippen molar-refractivity contribution in [3.8, 4) is 0 Å². The molecule has 5 nitrogen and oxygen atoms in total. The second-order valence-corrected chi connectivity index (χ2v) is 5.57. The number of aromatic nitrogens is 1. The fourth-order valence-electron chi connectivity index (χ4n) is 1.83. The number of anilines is 1. The van der Waals surface area contributed by atoms with Gasteiger partial charge in [-0.05, 0) is 11.6 Å². The van der Waals surface area contributed by atoms with Crippen LogP contribution < -0.4 is 11.1 Å². The van der Waals surface area contributed by atoms with E-state index in [0.717, 1.165) is 23.5 Å². The molecule has 122 valence electrons. The van der Waals surface area contributed by atoms with Gasteiger partial charge in [0.1, 0.15) is 0 Å². The number of primary amides is 1. The third-order valence-electron chi connectivity index (χ3n) is 2.77. The smallest absolute Gasteiger partial charge is 0.369 e. The van der Waals surface area contributed by atoms with E-state index in [4.69, 9.17) is 5.73 Å². The summed E-state index contributed by atoms with van der Waals surface area (Å²) in [6.07, 6.45) is -4.71. The van der Waals surface area contributed by atoms with Crippen LogP contribution in [0.4, 0.5) is 18.3 Å². The van der Waals surface area contributed by atoms with Gasteiger partial charge in [-0.25, -0.2) is 4.98 Å². The Bertz CT molecular complexity index is 728. The molecule has 0 saturated carbocycles. The third kappa shape index (κ3) is 5.06. The number of alkyl halides is 3. The first-order chi connectivity index (χ1) is 10.7. The van der Waals surface area contributed by atoms with Crippen molar-refractivity contribution in [1.29, 1.82) is 0 Å². The lowest BCUT2D eigenvalue weighted by atomic mass is 10.1. The largest absolute Gasteiger partial charge is 0.416 e. The zero-order chi connectivity index (χ0) is 17.0. The van der Waals surface area contributed by atoms with Gasteiger partial charge < -0.3 is 11.1 Å². The van der Waals surface area contributed by atoms with Crippen molar-refractivity contribution in [2.24, 2.45) is 5.73 Å². The van der Waals surface area contributed by atoms with E-state index in [1.165, 1.54) is 12.1 Å². The molecule has 0 bridgehead atoms. The first-order valence-electron chi connectivity index (χ1n) is 6.43. The molecule has 0 aliphatic carbocycles. The number of nitrogens with two attached hydrogens (primary N) is 1. The number of carbonyl (C=O) groups is 2. The lowest BCUT2D eigenvalue weighted by Gasteiger charge is -2.08. The second-order valence-electron chi connectivity index (χ2n) is 4.71. The van der Waals surface area contributed by atoms with E-state index in [1.54, 1.807) is 5.38 Å². The van der Waals surface area contributed by atoms with Crippen molar-refractivity contribution in [3.05, 3.63) is 46.5 Å². The Morgan fingerprint density at radius 3 is 2.65 bits per heavy atom. The van der Waals surface area contributed by atoms with Crippen LogP contribution in [0.15, 0.2) is 29.6 Å². The molecular weight excluding hydrogens is 331 g/mol. The van der Waals surface area contributed by atoms with E-state index < -0.39 is 23.6 Å². The molecule has 3 N–H and O–H groups in total. The quantitative estimate of drug-likeness (QED) is 0.874. The molecule has 2 rings (SSSR count). The summed E-state index contributed by atoms with van der Waals surface area (Å²) in [6, 6.07) is 4.56. The average molecular weight is 343 g/mol. The molecule has 9 heteroatoms. The normalized spacial score (nSPS) is 11.3. The fourth-order valence-corrected chi connectivity index (χ4v) is 2.56. The van der Waals surface area contributed by atoms with Gasteiger partial charge in [0, 0.05) is 5.38 Å². The number of amides is 2. The Kier molecular flexibility index (Phi) is 4.99. The second kappa shape index (κ2) is 6.78. The van der Waals surface area contributed by atoms with Gasteiger partial charge in [-0.2, -0.15) is 13.2 Å². The number of benzene rings is 1. The summed E-state index contributed by atoms with van der Waals surface area (Å²) in [7, 11) is 0. The monoisotopic (exact) mass is 343 g/mol. The highest BCUT2D eigenvalue weighted by molar-refractivity contribution is 7.13. The standard InChI is InChI=1S/C14H12F3N3O2S/c15-14(16,17)9-3-1-2-8(4-9)5-12(22)20-13-19-10(7-23-13)6-11(18)21/h1-4,7H,5-6H2,(H2,18,21)(H,19,20,22). The van der Waals surface area contributed by atoms with Crippen LogP contribution in [-0.2, 0) is 28.6 Å². The van der Waals surface area contributed by atoms with Crippen LogP contribution in [0.3, 0.4) is 0 Å². The Hall–Kier alpha value is -2.42. The van der Waals surface area contributed by atoms with Crippen molar-refractivity contribution in [2.75, 3.05) is 5.32 Å². The van der Waals surface area contributed by atoms with Crippen LogP contribution in [-0.4, -0.2) is 16.8 Å². The molecule has 1 aromatic carbocycles. The number of nitrogens with one attached hydrogen (secondary N) is 1. The molecule has 2 aromatic rings. The lowest BCUT2D eigenvalue weighted by Crippen LogP contribution is -2.16. The van der Waals surface area contributed by atoms with Crippen LogP contribution in [0.2, 0.25) is 0 Å². The Morgan fingerprint density at radius 2 is 2.00 bits per heavy atom. The fraction of sp³-hybridized carbons (Fsp3) is 0.214. The Labute approximate surface area is 133 Å². The molecule has 0 atom stereocenters. The van der Waals surface area contributed by atoms with Crippen LogP contribution >= 0.6 is 11.3 Å². The van der Waals surface area contributed by atoms with Gasteiger partial charge in [-0.1, -0.05) is 18.2 Å². The van der Waals surface area contributed by atoms with Gasteiger partial charge in [0.25, 0.3) is 0 Å². The Morgan fingerprint density at radius 1 is 1.26 bits per heavy atom. The summed E-state index contributed by atoms with van der Waals surface area (Å²) in [4.78, 5) is 26.6. The van der Waals surface area contributed by atoms with Gasteiger partial charge in [0.2, 0.25) is 11.8 Å². The van der Waals surface area contributed by atoms with Gasteiger partial charge in [0.15, 0.2) is 5.13 Å². The minimum atomic E-state index is -4.45. The number of thiazole rings is 1. The Balaban J connectivity index is 2.00. The average Bonchev–Trinajstić information content (AvgIpc) is 2.84. The lowest BCUT2D eigenvalue weighted by molar-refractivity contribution is -0.137. The van der Waals surface area contributed by atoms with E-state index in [9.17, 15) is 22.8 Å². The third-order valence-corrected chi connectivity index (χ3v) is 3.58. The molecule has 0 spiro atoms. The van der Waals surface area contributed by atoms with E-state index in [-0.39, 0.29) is 23.5 Å². The number of nitrogens with zero attached hydrogens (tertiary/aromatic N) is 1. The molecule has 0 radical (unpaired) electrons. The van der Waals surface area contributed by atoms with Crippen LogP contribution in [0.5, 0.6) is 0 Å². The van der Waals surface area contributed by atoms with Gasteiger partial charge in [-0.3, -0.25) is 9.59 Å². The molecule has 0 aliphatic heterocycles. The highest BCUT2D eigenvalue weighted by Gasteiger charge is 2.30. The predicted molar refractivity (Wildman–Crippen MR) is 78.8 cm³/mol. The van der Waals surface area contributed by atoms with Gasteiger partial charge in [-0.15, -0.1) is 11.3 Å². The van der Waals surface area contributed by atoms with Crippen LogP contribution in [0, 0.1) is 0 Å². The zero-order valence-electron chi connectivity index (χ0n) is 11.7. The molecule has 0 saturated heterocycles. The summed E-state index contributed by atoms with van der Waals surface area (Å²) >= 11 is 1.11. The van der Waals surface area contributed by atoms with E-state index in [0.29, 0.717) is 5.69 Å². The van der Waals surface area contributed by atoms with Gasteiger partial charge in [0.05, 0.1) is 24.1 Å². The van der Waals surface area contributed by atoms with Crippen LogP contribution in [0.1, 0.15) is 16.8 Å². The summed E-state index contributed by atoms with van der Waals surface area (Å²) in [5.41, 5.74) is 4.90. The summed E-state index contributed by atoms with van der Waals surface area (Å²) < 4.78 is 37.8. The molecule has 0 unspecified atom stereocenters. The molecule has 2 amide bonds. The van der Waals surface area contributed by atoms with E-state index in [1.807, 2.05) is 0 Å². The maximum absolute atomic E-state index is 12.6. The highest BCUT2D eigenvalue weighted by Crippen LogP contribution is 2.29. The van der Waals surface area contributed by atoms with E-state index >= 15 is 0 Å². The maximum atomic E-state index is 12.6. The number of hydrogen-bond donors (Lipinski definition) is 2. The number of carbonyl (C=O) groups excluding carboxylic acids is 2. The molecular formula is C14H12F3N3O2S. The topological polar surface area (TPSA) is 85.1 Å². The van der Waals surface area contributed by atoms with Crippen LogP contribution in [0.25, 0.3) is 0 Å². The molecule has 23 heavy (non-hydrogen) atoms. The number of rotatable bonds is 5. The van der Waals surface area contributed by atoms with Crippen molar-refractivity contribution in [3.63, 3.8) is 0 Å². The molecule has 0 fully saturated rings. The van der Waals surface area contributed by atoms with Crippen molar-refractivity contribution in [2.45, 2.75) is 19.0 Å². The minimum absolute atomic E-state index is 0.0417. The molecule has 1 aromatic heterocycles. The van der Waals surface area contributed by atoms with Crippen molar-refractivity contribution >= 4 is 28.3 Å². The SMILES string of the molecule is NC(=O)Cc1csc(NC(=O)Cc2cccc(C(F)(F)F)c2)n1. The number of halogens is 3. The summed E-state index contributed by atoms with van der Waals surface area (Å²) in [5.74, 6) is -1.04. The predicted octanol–water partition coefficient (Wildman–Crippen LogP) is 2.37. The maximum Gasteiger partial charge on any atom is 0.416 e. The van der Waals surface area contributed by atoms with E-state index in [2.05, 4.69) is 10.3 Å². The van der Waals surface area contributed by atoms with Gasteiger partial charge >= 0.3 is 6.18 Å². The highest BCUT2D eigenvalue weighted by atomic mass is 32.1. The minimum Gasteiger partial charge on any atom is -0.369 e. The molecule has 0 aliphatic rings. The van der Waals surface area contributed by atoms with Crippen molar-refractivity contribution in [1.82, 2.24) is 4.98 Å². The summed E-state index contributed by atoms with van der Waals surface area (Å²) in [6.45, 7) is 0. The van der Waals surface area contributed by atoms with Crippen molar-refractivity contribution < 1.29 is 22.8 Å². The zero-order valence-corrected chi connectivity index (χ0v) is 12.5. The summed E-state index contributed by atoms with van der Waals surface area (Å²) in [5, 5.41) is 4.31. The first-order valence-corrected chi connectivity index (χ1v) is 7.30. The number of hydrogen-bond acceptors (Lipinski definition) is 4.